The summed E-state index contributed by atoms with van der Waals surface area (Å²) in [6.45, 7) is 3.88. The normalized spacial score (nSPS) is 22.6. The number of fused-ring (bicyclic) bond motifs is 3. The predicted octanol–water partition coefficient (Wildman–Crippen LogP) is 2.56. The zero-order valence-corrected chi connectivity index (χ0v) is 18.9. The number of carbonyl (C=O) groups is 2. The van der Waals surface area contributed by atoms with Gasteiger partial charge in [-0.25, -0.2) is 0 Å². The number of carbonyl (C=O) groups excluding carboxylic acids is 2. The summed E-state index contributed by atoms with van der Waals surface area (Å²) in [7, 11) is 0. The highest BCUT2D eigenvalue weighted by Gasteiger charge is 2.47. The average Bonchev–Trinajstić information content (AvgIpc) is 2.99. The van der Waals surface area contributed by atoms with E-state index in [1.54, 1.807) is 23.8 Å². The molecule has 1 aliphatic carbocycles. The molecule has 0 bridgehead atoms. The number of amides is 1. The van der Waals surface area contributed by atoms with Gasteiger partial charge in [-0.15, -0.1) is 0 Å². The second-order valence-electron chi connectivity index (χ2n) is 9.23. The molecule has 0 aromatic heterocycles. The maximum atomic E-state index is 13.4. The molecular formula is C26H29N3O4. The van der Waals surface area contributed by atoms with Crippen molar-refractivity contribution in [1.29, 1.82) is 0 Å². The fourth-order valence-corrected chi connectivity index (χ4v) is 5.26. The molecular weight excluding hydrogens is 418 g/mol. The number of aliphatic hydroxyl groups excluding tert-OH is 2. The summed E-state index contributed by atoms with van der Waals surface area (Å²) in [5.74, 6) is -1.79. The second kappa shape index (κ2) is 8.32. The third-order valence-corrected chi connectivity index (χ3v) is 7.14. The molecule has 5 rings (SSSR count). The van der Waals surface area contributed by atoms with Crippen LogP contribution in [0.1, 0.15) is 42.1 Å². The van der Waals surface area contributed by atoms with E-state index in [4.69, 9.17) is 0 Å². The molecule has 2 aromatic carbocycles. The maximum absolute atomic E-state index is 13.4. The molecule has 2 heterocycles. The predicted molar refractivity (Wildman–Crippen MR) is 123 cm³/mol. The molecule has 172 valence electrons. The van der Waals surface area contributed by atoms with Crippen LogP contribution in [0.25, 0.3) is 0 Å². The summed E-state index contributed by atoms with van der Waals surface area (Å²) >= 11 is 0. The van der Waals surface area contributed by atoms with Crippen LogP contribution in [-0.4, -0.2) is 62.7 Å². The van der Waals surface area contributed by atoms with E-state index in [1.165, 1.54) is 11.1 Å². The van der Waals surface area contributed by atoms with Crippen LogP contribution in [0, 0.1) is 5.92 Å². The van der Waals surface area contributed by atoms with Gasteiger partial charge in [-0.3, -0.25) is 14.6 Å². The Kier molecular flexibility index (Phi) is 5.46. The maximum Gasteiger partial charge on any atom is 0.276 e. The molecule has 33 heavy (non-hydrogen) atoms. The first-order chi connectivity index (χ1) is 15.9. The number of nitrogens with zero attached hydrogens (tertiary/aromatic N) is 3. The Balaban J connectivity index is 1.72. The third kappa shape index (κ3) is 3.43. The molecule has 3 aliphatic rings. The van der Waals surface area contributed by atoms with Crippen molar-refractivity contribution in [1.82, 2.24) is 14.9 Å². The molecule has 2 N–H and O–H groups in total. The summed E-state index contributed by atoms with van der Waals surface area (Å²) in [5.41, 5.74) is 4.79. The minimum atomic E-state index is -0.492. The van der Waals surface area contributed by atoms with Crippen molar-refractivity contribution >= 4 is 11.7 Å². The zero-order chi connectivity index (χ0) is 23.3. The summed E-state index contributed by atoms with van der Waals surface area (Å²) in [6.07, 6.45) is 1.83. The molecule has 0 spiro atoms. The van der Waals surface area contributed by atoms with Gasteiger partial charge in [-0.2, -0.15) is 5.01 Å². The number of hydrogen-bond acceptors (Lipinski definition) is 6. The van der Waals surface area contributed by atoms with Crippen LogP contribution in [-0.2, 0) is 22.4 Å². The fourth-order valence-electron chi connectivity index (χ4n) is 5.26. The van der Waals surface area contributed by atoms with E-state index in [-0.39, 0.29) is 25.0 Å². The molecule has 0 radical (unpaired) electrons. The Labute approximate surface area is 193 Å². The van der Waals surface area contributed by atoms with Gasteiger partial charge in [0.15, 0.2) is 11.5 Å². The van der Waals surface area contributed by atoms with Crippen LogP contribution < -0.4 is 0 Å². The van der Waals surface area contributed by atoms with Crippen molar-refractivity contribution in [3.05, 3.63) is 82.2 Å². The van der Waals surface area contributed by atoms with Gasteiger partial charge in [0.1, 0.15) is 0 Å². The number of ketones is 1. The molecule has 2 aliphatic heterocycles. The van der Waals surface area contributed by atoms with Gasteiger partial charge in [-0.1, -0.05) is 55.5 Å². The van der Waals surface area contributed by atoms with E-state index in [9.17, 15) is 19.8 Å². The van der Waals surface area contributed by atoms with E-state index >= 15 is 0 Å². The number of aliphatic hydroxyl groups is 2. The van der Waals surface area contributed by atoms with Crippen LogP contribution in [0.5, 0.6) is 0 Å². The lowest BCUT2D eigenvalue weighted by Crippen LogP contribution is -2.64. The van der Waals surface area contributed by atoms with Crippen LogP contribution in [0.4, 0.5) is 0 Å². The topological polar surface area (TPSA) is 84.3 Å². The lowest BCUT2D eigenvalue weighted by atomic mass is 9.92. The van der Waals surface area contributed by atoms with Crippen LogP contribution in [0.15, 0.2) is 60.0 Å². The van der Waals surface area contributed by atoms with Gasteiger partial charge in [-0.05, 0) is 42.0 Å². The first-order valence-corrected chi connectivity index (χ1v) is 11.5. The highest BCUT2D eigenvalue weighted by Crippen LogP contribution is 2.41. The Hall–Kier alpha value is -3.16. The summed E-state index contributed by atoms with van der Waals surface area (Å²) in [4.78, 5) is 27.6. The van der Waals surface area contributed by atoms with Crippen molar-refractivity contribution in [3.63, 3.8) is 0 Å². The highest BCUT2D eigenvalue weighted by atomic mass is 16.3. The van der Waals surface area contributed by atoms with Crippen molar-refractivity contribution in [2.45, 2.75) is 38.8 Å². The lowest BCUT2D eigenvalue weighted by Gasteiger charge is -2.52. The molecule has 7 nitrogen and oxygen atoms in total. The molecule has 0 saturated carbocycles. The smallest absolute Gasteiger partial charge is 0.276 e. The van der Waals surface area contributed by atoms with Gasteiger partial charge in [0.05, 0.1) is 25.4 Å². The number of hydrazine groups is 1. The lowest BCUT2D eigenvalue weighted by molar-refractivity contribution is -0.166. The van der Waals surface area contributed by atoms with E-state index in [1.807, 2.05) is 24.3 Å². The van der Waals surface area contributed by atoms with Crippen molar-refractivity contribution in [2.24, 2.45) is 5.92 Å². The number of Topliss-reactive ketones (excluding diaryl/α,β-unsaturated/α-hetero) is 1. The third-order valence-electron chi connectivity index (χ3n) is 7.14. The van der Waals surface area contributed by atoms with E-state index in [0.717, 1.165) is 24.0 Å². The van der Waals surface area contributed by atoms with Gasteiger partial charge in [0.25, 0.3) is 5.91 Å². The number of hydrogen-bond donors (Lipinski definition) is 2. The highest BCUT2D eigenvalue weighted by molar-refractivity contribution is 6.06. The minimum Gasteiger partial charge on any atom is -0.503 e. The number of allylic oxidation sites excluding steroid dienone is 1. The van der Waals surface area contributed by atoms with Crippen molar-refractivity contribution in [3.8, 4) is 0 Å². The second-order valence-corrected chi connectivity index (χ2v) is 9.23. The molecule has 1 fully saturated rings. The van der Waals surface area contributed by atoms with Crippen LogP contribution >= 0.6 is 0 Å². The SMILES string of the molecule is CC1CN2C(=C(O)C1=O)C(=O)N(C(C)CO)CN2C1c2ccccc2CCc2ccccc21. The summed E-state index contributed by atoms with van der Waals surface area (Å²) < 4.78 is 0. The minimum absolute atomic E-state index is 0.00357. The van der Waals surface area contributed by atoms with Gasteiger partial charge in [0, 0.05) is 12.5 Å². The first kappa shape index (κ1) is 21.7. The zero-order valence-electron chi connectivity index (χ0n) is 18.9. The quantitative estimate of drug-likeness (QED) is 0.753. The molecule has 1 saturated heterocycles. The molecule has 2 unspecified atom stereocenters. The Bertz CT molecular complexity index is 1100. The van der Waals surface area contributed by atoms with E-state index in [2.05, 4.69) is 29.3 Å². The van der Waals surface area contributed by atoms with Gasteiger partial charge >= 0.3 is 0 Å². The Morgan fingerprint density at radius 3 is 2.15 bits per heavy atom. The van der Waals surface area contributed by atoms with Gasteiger partial charge < -0.3 is 15.1 Å². The summed E-state index contributed by atoms with van der Waals surface area (Å²) in [5, 5.41) is 24.5. The number of aryl methyl sites for hydroxylation is 2. The van der Waals surface area contributed by atoms with E-state index in [0.29, 0.717) is 6.54 Å². The van der Waals surface area contributed by atoms with Crippen LogP contribution in [0.2, 0.25) is 0 Å². The monoisotopic (exact) mass is 447 g/mol. The number of rotatable bonds is 3. The van der Waals surface area contributed by atoms with Gasteiger partial charge in [0.2, 0.25) is 5.78 Å². The Morgan fingerprint density at radius 1 is 1.00 bits per heavy atom. The molecule has 2 atom stereocenters. The standard InChI is InChI=1S/C26H29N3O4/c1-16-13-28-23(25(32)24(16)31)26(33)27(17(2)14-30)15-29(28)22-20-9-5-3-7-18(20)11-12-19-8-4-6-10-21(19)22/h3-10,16-17,22,30,32H,11-15H2,1-2H3. The van der Waals surface area contributed by atoms with Crippen LogP contribution in [0.3, 0.4) is 0 Å². The molecule has 1 amide bonds. The van der Waals surface area contributed by atoms with Crippen molar-refractivity contribution in [2.75, 3.05) is 19.8 Å². The summed E-state index contributed by atoms with van der Waals surface area (Å²) in [6, 6.07) is 16.0. The number of benzene rings is 2. The largest absolute Gasteiger partial charge is 0.503 e. The van der Waals surface area contributed by atoms with Crippen molar-refractivity contribution < 1.29 is 19.8 Å². The molecule has 2 aromatic rings. The average molecular weight is 448 g/mol. The Morgan fingerprint density at radius 2 is 1.58 bits per heavy atom. The molecule has 7 heteroatoms. The first-order valence-electron chi connectivity index (χ1n) is 11.5. The van der Waals surface area contributed by atoms with E-state index < -0.39 is 29.4 Å². The fraction of sp³-hybridized carbons (Fsp3) is 0.385.